The van der Waals surface area contributed by atoms with E-state index >= 15 is 0 Å². The first-order valence-electron chi connectivity index (χ1n) is 4.56. The van der Waals surface area contributed by atoms with Gasteiger partial charge in [-0.2, -0.15) is 0 Å². The van der Waals surface area contributed by atoms with E-state index in [4.69, 9.17) is 5.73 Å². The van der Waals surface area contributed by atoms with Crippen molar-refractivity contribution >= 4 is 38.6 Å². The molecule has 2 aromatic rings. The van der Waals surface area contributed by atoms with Crippen molar-refractivity contribution in [3.8, 4) is 0 Å². The largest absolute Gasteiger partial charge is 0.323 e. The number of hydrogen-bond donors (Lipinski definition) is 1. The molecule has 0 fully saturated rings. The Hall–Kier alpha value is -0.230. The van der Waals surface area contributed by atoms with Gasteiger partial charge in [-0.15, -0.1) is 22.7 Å². The third kappa shape index (κ3) is 2.47. The Morgan fingerprint density at radius 2 is 2.33 bits per heavy atom. The second-order valence-corrected chi connectivity index (χ2v) is 6.05. The zero-order chi connectivity index (χ0) is 10.8. The predicted octanol–water partition coefficient (Wildman–Crippen LogP) is 3.52. The topological polar surface area (TPSA) is 38.9 Å². The summed E-state index contributed by atoms with van der Waals surface area (Å²) >= 11 is 6.90. The van der Waals surface area contributed by atoms with Crippen LogP contribution in [0.1, 0.15) is 21.5 Å². The molecule has 5 heteroatoms. The van der Waals surface area contributed by atoms with E-state index in [9.17, 15) is 0 Å². The van der Waals surface area contributed by atoms with E-state index in [-0.39, 0.29) is 6.04 Å². The summed E-state index contributed by atoms with van der Waals surface area (Å²) in [5, 5.41) is 2.08. The molecular formula is C10H11BrN2S2. The summed E-state index contributed by atoms with van der Waals surface area (Å²) in [5.41, 5.74) is 9.07. The molecule has 0 radical (unpaired) electrons. The van der Waals surface area contributed by atoms with Crippen LogP contribution in [0.5, 0.6) is 0 Å². The van der Waals surface area contributed by atoms with Gasteiger partial charge in [0.1, 0.15) is 0 Å². The highest BCUT2D eigenvalue weighted by atomic mass is 79.9. The molecule has 1 atom stereocenters. The number of nitrogens with zero attached hydrogens (tertiary/aromatic N) is 1. The molecule has 1 unspecified atom stereocenters. The lowest BCUT2D eigenvalue weighted by atomic mass is 10.1. The normalized spacial score (nSPS) is 13.0. The van der Waals surface area contributed by atoms with Crippen LogP contribution in [0.3, 0.4) is 0 Å². The number of hydrogen-bond acceptors (Lipinski definition) is 4. The first-order valence-corrected chi connectivity index (χ1v) is 7.11. The van der Waals surface area contributed by atoms with Crippen molar-refractivity contribution < 1.29 is 0 Å². The summed E-state index contributed by atoms with van der Waals surface area (Å²) in [7, 11) is 0. The fourth-order valence-corrected chi connectivity index (χ4v) is 3.81. The van der Waals surface area contributed by atoms with Crippen molar-refractivity contribution in [1.82, 2.24) is 4.98 Å². The van der Waals surface area contributed by atoms with Crippen molar-refractivity contribution in [2.45, 2.75) is 19.4 Å². The van der Waals surface area contributed by atoms with Gasteiger partial charge in [-0.3, -0.25) is 0 Å². The van der Waals surface area contributed by atoms with Gasteiger partial charge in [-0.25, -0.2) is 4.98 Å². The maximum Gasteiger partial charge on any atom is 0.0798 e. The standard InChI is InChI=1S/C10H11BrN2S2/c1-6-10(15-5-13-6)8(12)4-9-7(11)2-3-14-9/h2-3,5,8H,4,12H2,1H3. The monoisotopic (exact) mass is 302 g/mol. The van der Waals surface area contributed by atoms with Gasteiger partial charge in [0.15, 0.2) is 0 Å². The molecule has 0 saturated carbocycles. The first kappa shape index (κ1) is 11.3. The van der Waals surface area contributed by atoms with Crippen molar-refractivity contribution in [1.29, 1.82) is 0 Å². The Bertz CT molecular complexity index is 450. The highest BCUT2D eigenvalue weighted by Crippen LogP contribution is 2.29. The van der Waals surface area contributed by atoms with Crippen LogP contribution in [0.25, 0.3) is 0 Å². The first-order chi connectivity index (χ1) is 7.18. The van der Waals surface area contributed by atoms with Crippen LogP contribution in [-0.4, -0.2) is 4.98 Å². The van der Waals surface area contributed by atoms with E-state index in [2.05, 4.69) is 32.4 Å². The van der Waals surface area contributed by atoms with Crippen molar-refractivity contribution in [3.05, 3.63) is 36.9 Å². The maximum atomic E-state index is 6.16. The third-order valence-corrected chi connectivity index (χ3v) is 5.23. The molecule has 0 bridgehead atoms. The van der Waals surface area contributed by atoms with Crippen LogP contribution in [0, 0.1) is 6.92 Å². The second kappa shape index (κ2) is 4.74. The van der Waals surface area contributed by atoms with Gasteiger partial charge in [-0.1, -0.05) is 0 Å². The molecular weight excluding hydrogens is 292 g/mol. The lowest BCUT2D eigenvalue weighted by molar-refractivity contribution is 0.735. The lowest BCUT2D eigenvalue weighted by Gasteiger charge is -2.09. The molecule has 0 aliphatic rings. The smallest absolute Gasteiger partial charge is 0.0798 e. The van der Waals surface area contributed by atoms with E-state index in [0.29, 0.717) is 0 Å². The number of aromatic nitrogens is 1. The van der Waals surface area contributed by atoms with Gasteiger partial charge >= 0.3 is 0 Å². The minimum Gasteiger partial charge on any atom is -0.323 e. The molecule has 0 aliphatic carbocycles. The van der Waals surface area contributed by atoms with Crippen molar-refractivity contribution in [2.75, 3.05) is 0 Å². The Morgan fingerprint density at radius 1 is 1.53 bits per heavy atom. The van der Waals surface area contributed by atoms with Gasteiger partial charge < -0.3 is 5.73 Å². The number of aryl methyl sites for hydroxylation is 1. The summed E-state index contributed by atoms with van der Waals surface area (Å²) in [6.45, 7) is 2.01. The molecule has 0 saturated heterocycles. The summed E-state index contributed by atoms with van der Waals surface area (Å²) in [5.74, 6) is 0. The predicted molar refractivity (Wildman–Crippen MR) is 69.5 cm³/mol. The minimum atomic E-state index is 0.0625. The van der Waals surface area contributed by atoms with Gasteiger partial charge in [0, 0.05) is 26.7 Å². The molecule has 2 aromatic heterocycles. The second-order valence-electron chi connectivity index (χ2n) is 3.30. The molecule has 0 aliphatic heterocycles. The van der Waals surface area contributed by atoms with Crippen LogP contribution in [0.2, 0.25) is 0 Å². The zero-order valence-electron chi connectivity index (χ0n) is 8.24. The van der Waals surface area contributed by atoms with Crippen LogP contribution >= 0.6 is 38.6 Å². The average molecular weight is 303 g/mol. The summed E-state index contributed by atoms with van der Waals surface area (Å²) in [6.07, 6.45) is 0.876. The number of rotatable bonds is 3. The Kier molecular flexibility index (Phi) is 3.56. The SMILES string of the molecule is Cc1ncsc1C(N)Cc1sccc1Br. The highest BCUT2D eigenvalue weighted by Gasteiger charge is 2.14. The lowest BCUT2D eigenvalue weighted by Crippen LogP contribution is -2.12. The van der Waals surface area contributed by atoms with E-state index in [1.807, 2.05) is 12.4 Å². The molecule has 2 nitrogen and oxygen atoms in total. The molecule has 0 amide bonds. The zero-order valence-corrected chi connectivity index (χ0v) is 11.5. The highest BCUT2D eigenvalue weighted by molar-refractivity contribution is 9.10. The number of halogens is 1. The van der Waals surface area contributed by atoms with E-state index in [1.165, 1.54) is 9.75 Å². The van der Waals surface area contributed by atoms with Crippen LogP contribution in [0.15, 0.2) is 21.4 Å². The molecule has 0 aromatic carbocycles. The summed E-state index contributed by atoms with van der Waals surface area (Å²) in [4.78, 5) is 6.71. The van der Waals surface area contributed by atoms with Crippen LogP contribution < -0.4 is 5.73 Å². The molecule has 2 heterocycles. The number of thiophene rings is 1. The van der Waals surface area contributed by atoms with E-state index in [0.717, 1.165) is 16.6 Å². The average Bonchev–Trinajstić information content (AvgIpc) is 2.76. The maximum absolute atomic E-state index is 6.16. The number of thiazole rings is 1. The van der Waals surface area contributed by atoms with E-state index < -0.39 is 0 Å². The molecule has 2 N–H and O–H groups in total. The van der Waals surface area contributed by atoms with Gasteiger partial charge in [-0.05, 0) is 34.3 Å². The summed E-state index contributed by atoms with van der Waals surface area (Å²) < 4.78 is 1.16. The molecule has 15 heavy (non-hydrogen) atoms. The Balaban J connectivity index is 2.14. The molecule has 0 spiro atoms. The van der Waals surface area contributed by atoms with Gasteiger partial charge in [0.05, 0.1) is 11.2 Å². The fraction of sp³-hybridized carbons (Fsp3) is 0.300. The van der Waals surface area contributed by atoms with Gasteiger partial charge in [0.25, 0.3) is 0 Å². The molecule has 80 valence electrons. The van der Waals surface area contributed by atoms with Gasteiger partial charge in [0.2, 0.25) is 0 Å². The van der Waals surface area contributed by atoms with Crippen LogP contribution in [0.4, 0.5) is 0 Å². The quantitative estimate of drug-likeness (QED) is 0.942. The Labute approximate surface area is 105 Å². The third-order valence-electron chi connectivity index (χ3n) is 2.22. The summed E-state index contributed by atoms with van der Waals surface area (Å²) in [6, 6.07) is 2.12. The van der Waals surface area contributed by atoms with Crippen molar-refractivity contribution in [2.24, 2.45) is 5.73 Å². The molecule has 2 rings (SSSR count). The van der Waals surface area contributed by atoms with E-state index in [1.54, 1.807) is 22.7 Å². The minimum absolute atomic E-state index is 0.0625. The number of nitrogens with two attached hydrogens (primary N) is 1. The van der Waals surface area contributed by atoms with Crippen molar-refractivity contribution in [3.63, 3.8) is 0 Å². The Morgan fingerprint density at radius 3 is 2.87 bits per heavy atom. The van der Waals surface area contributed by atoms with Crippen LogP contribution in [-0.2, 0) is 6.42 Å². The fourth-order valence-electron chi connectivity index (χ4n) is 1.43.